The minimum absolute atomic E-state index is 0.232. The van der Waals surface area contributed by atoms with Crippen LogP contribution in [-0.2, 0) is 5.60 Å². The lowest BCUT2D eigenvalue weighted by molar-refractivity contribution is -0.0420. The molecule has 0 heterocycles. The summed E-state index contributed by atoms with van der Waals surface area (Å²) in [7, 11) is 0. The Hall–Kier alpha value is -0.540. The highest BCUT2D eigenvalue weighted by Crippen LogP contribution is 2.43. The molecule has 0 unspecified atom stereocenters. The highest BCUT2D eigenvalue weighted by Gasteiger charge is 2.39. The molecule has 1 saturated carbocycles. The van der Waals surface area contributed by atoms with Crippen LogP contribution < -0.4 is 0 Å². The van der Waals surface area contributed by atoms with Gasteiger partial charge in [0, 0.05) is 10.5 Å². The molecule has 3 heteroatoms. The molecular formula is C12H15FOS. The molecule has 0 radical (unpaired) electrons. The summed E-state index contributed by atoms with van der Waals surface area (Å²) in [5.41, 5.74) is 0.512. The summed E-state index contributed by atoms with van der Waals surface area (Å²) in [5, 5.41) is 10.1. The van der Waals surface area contributed by atoms with Crippen LogP contribution in [0.1, 0.15) is 30.4 Å². The van der Waals surface area contributed by atoms with E-state index in [2.05, 4.69) is 0 Å². The van der Waals surface area contributed by atoms with Crippen LogP contribution in [0.3, 0.4) is 0 Å². The zero-order valence-corrected chi connectivity index (χ0v) is 9.83. The van der Waals surface area contributed by atoms with Gasteiger partial charge in [-0.05, 0) is 38.0 Å². The Balaban J connectivity index is 2.49. The van der Waals surface area contributed by atoms with Gasteiger partial charge in [-0.3, -0.25) is 0 Å². The molecule has 1 aliphatic rings. The van der Waals surface area contributed by atoms with Crippen molar-refractivity contribution in [1.82, 2.24) is 0 Å². The Morgan fingerprint density at radius 2 is 2.07 bits per heavy atom. The van der Waals surface area contributed by atoms with E-state index in [0.717, 1.165) is 12.0 Å². The summed E-state index contributed by atoms with van der Waals surface area (Å²) in [5.74, 6) is -0.232. The molecule has 0 aliphatic heterocycles. The summed E-state index contributed by atoms with van der Waals surface area (Å²) in [6.07, 6.45) is 4.21. The summed E-state index contributed by atoms with van der Waals surface area (Å²) in [6.45, 7) is 1.89. The highest BCUT2D eigenvalue weighted by molar-refractivity contribution is 7.98. The third-order valence-corrected chi connectivity index (χ3v) is 4.09. The van der Waals surface area contributed by atoms with E-state index in [1.165, 1.54) is 11.8 Å². The number of aliphatic hydroxyl groups is 1. The van der Waals surface area contributed by atoms with E-state index in [1.54, 1.807) is 6.07 Å². The topological polar surface area (TPSA) is 20.2 Å². The zero-order chi connectivity index (χ0) is 11.1. The second-order valence-corrected chi connectivity index (χ2v) is 4.98. The predicted octanol–water partition coefficient (Wildman–Crippen LogP) is 3.23. The van der Waals surface area contributed by atoms with Crippen molar-refractivity contribution in [2.24, 2.45) is 0 Å². The maximum Gasteiger partial charge on any atom is 0.143 e. The van der Waals surface area contributed by atoms with Gasteiger partial charge >= 0.3 is 0 Å². The van der Waals surface area contributed by atoms with Crippen LogP contribution in [0.5, 0.6) is 0 Å². The lowest BCUT2D eigenvalue weighted by Crippen LogP contribution is -2.34. The molecule has 1 aromatic carbocycles. The summed E-state index contributed by atoms with van der Waals surface area (Å²) >= 11 is 1.40. The number of benzene rings is 1. The average molecular weight is 226 g/mol. The molecule has 0 spiro atoms. The van der Waals surface area contributed by atoms with Crippen molar-refractivity contribution in [2.75, 3.05) is 6.26 Å². The predicted molar refractivity (Wildman–Crippen MR) is 60.7 cm³/mol. The maximum atomic E-state index is 14.1. The molecule has 0 amide bonds. The molecule has 82 valence electrons. The van der Waals surface area contributed by atoms with Crippen molar-refractivity contribution < 1.29 is 9.50 Å². The minimum atomic E-state index is -0.901. The zero-order valence-electron chi connectivity index (χ0n) is 9.01. The highest BCUT2D eigenvalue weighted by atomic mass is 32.2. The van der Waals surface area contributed by atoms with Crippen molar-refractivity contribution in [1.29, 1.82) is 0 Å². The monoisotopic (exact) mass is 226 g/mol. The van der Waals surface area contributed by atoms with Crippen molar-refractivity contribution in [3.63, 3.8) is 0 Å². The maximum absolute atomic E-state index is 14.1. The molecule has 0 aromatic heterocycles. The normalized spacial score (nSPS) is 18.7. The molecule has 1 aliphatic carbocycles. The SMILES string of the molecule is CSc1c(C)ccc(C2(O)CCC2)c1F. The van der Waals surface area contributed by atoms with Gasteiger partial charge in [-0.2, -0.15) is 0 Å². The molecule has 1 nitrogen and oxygen atoms in total. The van der Waals surface area contributed by atoms with Crippen LogP contribution >= 0.6 is 11.8 Å². The molecule has 1 fully saturated rings. The number of thioether (sulfide) groups is 1. The van der Waals surface area contributed by atoms with Crippen LogP contribution in [0.15, 0.2) is 17.0 Å². The standard InChI is InChI=1S/C12H15FOS/c1-8-4-5-9(10(13)11(8)15-2)12(14)6-3-7-12/h4-5,14H,3,6-7H2,1-2H3. The largest absolute Gasteiger partial charge is 0.385 e. The van der Waals surface area contributed by atoms with Crippen molar-refractivity contribution >= 4 is 11.8 Å². The summed E-state index contributed by atoms with van der Waals surface area (Å²) in [4.78, 5) is 0.660. The van der Waals surface area contributed by atoms with Gasteiger partial charge in [0.15, 0.2) is 0 Å². The first-order chi connectivity index (χ1) is 7.08. The van der Waals surface area contributed by atoms with Crippen LogP contribution in [0.2, 0.25) is 0 Å². The van der Waals surface area contributed by atoms with Gasteiger partial charge in [-0.1, -0.05) is 12.1 Å². The Morgan fingerprint density at radius 3 is 2.53 bits per heavy atom. The van der Waals surface area contributed by atoms with E-state index in [0.29, 0.717) is 23.3 Å². The molecule has 0 saturated heterocycles. The van der Waals surface area contributed by atoms with E-state index in [-0.39, 0.29) is 5.82 Å². The fraction of sp³-hybridized carbons (Fsp3) is 0.500. The number of rotatable bonds is 2. The first-order valence-corrected chi connectivity index (χ1v) is 6.37. The Bertz CT molecular complexity index is 385. The van der Waals surface area contributed by atoms with Gasteiger partial charge in [-0.25, -0.2) is 4.39 Å². The van der Waals surface area contributed by atoms with Gasteiger partial charge in [0.05, 0.1) is 5.60 Å². The second kappa shape index (κ2) is 3.80. The van der Waals surface area contributed by atoms with E-state index in [1.807, 2.05) is 19.2 Å². The van der Waals surface area contributed by atoms with Crippen molar-refractivity contribution in [2.45, 2.75) is 36.7 Å². The smallest absolute Gasteiger partial charge is 0.143 e. The van der Waals surface area contributed by atoms with Gasteiger partial charge in [-0.15, -0.1) is 11.8 Å². The molecule has 15 heavy (non-hydrogen) atoms. The Morgan fingerprint density at radius 1 is 1.40 bits per heavy atom. The number of hydrogen-bond acceptors (Lipinski definition) is 2. The second-order valence-electron chi connectivity index (χ2n) is 4.16. The molecule has 0 bridgehead atoms. The fourth-order valence-corrected chi connectivity index (χ4v) is 2.72. The van der Waals surface area contributed by atoms with Crippen LogP contribution in [0.4, 0.5) is 4.39 Å². The van der Waals surface area contributed by atoms with E-state index >= 15 is 0 Å². The van der Waals surface area contributed by atoms with Crippen LogP contribution in [0, 0.1) is 12.7 Å². The van der Waals surface area contributed by atoms with Gasteiger partial charge in [0.25, 0.3) is 0 Å². The number of halogens is 1. The van der Waals surface area contributed by atoms with E-state index in [9.17, 15) is 9.50 Å². The molecule has 2 rings (SSSR count). The summed E-state index contributed by atoms with van der Waals surface area (Å²) in [6, 6.07) is 3.62. The number of hydrogen-bond donors (Lipinski definition) is 1. The lowest BCUT2D eigenvalue weighted by Gasteiger charge is -2.37. The average Bonchev–Trinajstić information content (AvgIpc) is 2.15. The first kappa shape index (κ1) is 11.0. The number of aryl methyl sites for hydroxylation is 1. The molecule has 1 aromatic rings. The van der Waals surface area contributed by atoms with Crippen LogP contribution in [0.25, 0.3) is 0 Å². The quantitative estimate of drug-likeness (QED) is 0.781. The third-order valence-electron chi connectivity index (χ3n) is 3.18. The minimum Gasteiger partial charge on any atom is -0.385 e. The Kier molecular flexibility index (Phi) is 2.77. The van der Waals surface area contributed by atoms with E-state index < -0.39 is 5.60 Å². The lowest BCUT2D eigenvalue weighted by atomic mass is 9.75. The van der Waals surface area contributed by atoms with Crippen molar-refractivity contribution in [3.8, 4) is 0 Å². The molecule has 0 atom stereocenters. The molecule has 1 N–H and O–H groups in total. The van der Waals surface area contributed by atoms with Crippen LogP contribution in [-0.4, -0.2) is 11.4 Å². The fourth-order valence-electron chi connectivity index (χ4n) is 2.04. The van der Waals surface area contributed by atoms with Gasteiger partial charge < -0.3 is 5.11 Å². The summed E-state index contributed by atoms with van der Waals surface area (Å²) < 4.78 is 14.1. The first-order valence-electron chi connectivity index (χ1n) is 5.14. The van der Waals surface area contributed by atoms with Gasteiger partial charge in [0.2, 0.25) is 0 Å². The molecular weight excluding hydrogens is 211 g/mol. The van der Waals surface area contributed by atoms with Crippen molar-refractivity contribution in [3.05, 3.63) is 29.1 Å². The van der Waals surface area contributed by atoms with Gasteiger partial charge in [0.1, 0.15) is 5.82 Å². The Labute approximate surface area is 93.7 Å². The third kappa shape index (κ3) is 1.68. The van der Waals surface area contributed by atoms with E-state index in [4.69, 9.17) is 0 Å².